The van der Waals surface area contributed by atoms with Crippen LogP contribution in [0.5, 0.6) is 0 Å². The topological polar surface area (TPSA) is 69.4 Å². The minimum Gasteiger partial charge on any atom is -0.612 e. The molecule has 114 valence electrons. The van der Waals surface area contributed by atoms with Crippen molar-refractivity contribution in [1.29, 1.82) is 0 Å². The minimum absolute atomic E-state index is 0.0457. The van der Waals surface area contributed by atoms with E-state index in [1.165, 1.54) is 12.2 Å². The lowest BCUT2D eigenvalue weighted by molar-refractivity contribution is -0.377. The number of aliphatic hydroxyl groups excluding tert-OH is 1. The van der Waals surface area contributed by atoms with Crippen molar-refractivity contribution in [3.63, 3.8) is 0 Å². The molecule has 0 aromatic heterocycles. The molecule has 23 heavy (non-hydrogen) atoms. The van der Waals surface area contributed by atoms with Crippen LogP contribution in [0.1, 0.15) is 5.56 Å². The van der Waals surface area contributed by atoms with Gasteiger partial charge in [-0.25, -0.2) is 0 Å². The lowest BCUT2D eigenvalue weighted by Gasteiger charge is -2.08. The van der Waals surface area contributed by atoms with Crippen LogP contribution in [0.3, 0.4) is 0 Å². The van der Waals surface area contributed by atoms with Gasteiger partial charge in [-0.05, 0) is 34.6 Å². The summed E-state index contributed by atoms with van der Waals surface area (Å²) in [6.07, 6.45) is 9.49. The Hall–Kier alpha value is -3.27. The van der Waals surface area contributed by atoms with E-state index in [-0.39, 0.29) is 11.5 Å². The van der Waals surface area contributed by atoms with Gasteiger partial charge in [0.05, 0.1) is 0 Å². The number of fused-ring (bicyclic) bond motifs is 1. The van der Waals surface area contributed by atoms with E-state index in [1.54, 1.807) is 24.3 Å². The molecule has 0 saturated heterocycles. The normalized spacial score (nSPS) is 14.3. The van der Waals surface area contributed by atoms with Crippen molar-refractivity contribution in [2.24, 2.45) is 0 Å². The second-order valence-corrected chi connectivity index (χ2v) is 5.09. The Morgan fingerprint density at radius 3 is 2.35 bits per heavy atom. The Labute approximate surface area is 133 Å². The molecule has 2 aromatic carbocycles. The summed E-state index contributed by atoms with van der Waals surface area (Å²) in [5.41, 5.74) is 1.58. The van der Waals surface area contributed by atoms with Gasteiger partial charge in [-0.2, -0.15) is 4.90 Å². The maximum atomic E-state index is 10.6. The van der Waals surface area contributed by atoms with Gasteiger partial charge >= 0.3 is 0 Å². The summed E-state index contributed by atoms with van der Waals surface area (Å²) in [7, 11) is 0. The summed E-state index contributed by atoms with van der Waals surface area (Å²) in [6.45, 7) is 0. The summed E-state index contributed by atoms with van der Waals surface area (Å²) in [5.74, 6) is 0.153. The molecule has 0 heterocycles. The molecule has 1 N–H and O–H groups in total. The number of aliphatic hydroxyl groups is 1. The van der Waals surface area contributed by atoms with Gasteiger partial charge in [0.1, 0.15) is 5.76 Å². The summed E-state index contributed by atoms with van der Waals surface area (Å²) < 4.78 is 0. The molecule has 0 atom stereocenters. The van der Waals surface area contributed by atoms with Crippen LogP contribution in [-0.4, -0.2) is 15.7 Å². The zero-order chi connectivity index (χ0) is 16.2. The number of benzene rings is 2. The van der Waals surface area contributed by atoms with Crippen LogP contribution in [0, 0.1) is 10.4 Å². The lowest BCUT2D eigenvalue weighted by Crippen LogP contribution is -2.06. The molecule has 0 unspecified atom stereocenters. The fourth-order valence-electron chi connectivity index (χ4n) is 2.42. The van der Waals surface area contributed by atoms with Crippen molar-refractivity contribution >= 4 is 22.2 Å². The highest BCUT2D eigenvalue weighted by molar-refractivity contribution is 6.02. The van der Waals surface area contributed by atoms with Gasteiger partial charge in [0, 0.05) is 17.7 Å². The van der Waals surface area contributed by atoms with Gasteiger partial charge in [0.25, 0.3) is 0 Å². The Bertz CT molecular complexity index is 874. The van der Waals surface area contributed by atoms with Crippen LogP contribution in [-0.2, 0) is 0 Å². The Morgan fingerprint density at radius 1 is 0.913 bits per heavy atom. The van der Waals surface area contributed by atoms with Crippen LogP contribution >= 0.6 is 0 Å². The van der Waals surface area contributed by atoms with Crippen LogP contribution in [0.4, 0.5) is 0 Å². The molecule has 0 aliphatic heterocycles. The third-order valence-corrected chi connectivity index (χ3v) is 3.60. The second kappa shape index (κ2) is 6.23. The molecule has 1 aliphatic carbocycles. The minimum atomic E-state index is -0.437. The average molecular weight is 304 g/mol. The molecule has 2 aromatic rings. The van der Waals surface area contributed by atoms with E-state index in [9.17, 15) is 15.5 Å². The smallest absolute Gasteiger partial charge is 0.222 e. The molecule has 1 aliphatic rings. The Morgan fingerprint density at radius 2 is 1.61 bits per heavy atom. The third kappa shape index (κ3) is 3.16. The lowest BCUT2D eigenvalue weighted by atomic mass is 10.0. The van der Waals surface area contributed by atoms with Gasteiger partial charge in [-0.3, -0.25) is 0 Å². The molecule has 4 nitrogen and oxygen atoms in total. The van der Waals surface area contributed by atoms with Crippen molar-refractivity contribution in [2.75, 3.05) is 0 Å². The quantitative estimate of drug-likeness (QED) is 0.512. The predicted molar refractivity (Wildman–Crippen MR) is 92.9 cm³/mol. The summed E-state index contributed by atoms with van der Waals surface area (Å²) >= 11 is 0. The highest BCUT2D eigenvalue weighted by Gasteiger charge is 2.05. The second-order valence-electron chi connectivity index (χ2n) is 5.09. The van der Waals surface area contributed by atoms with E-state index in [1.807, 2.05) is 42.5 Å². The number of rotatable bonds is 2. The van der Waals surface area contributed by atoms with E-state index in [2.05, 4.69) is 0 Å². The zero-order valence-corrected chi connectivity index (χ0v) is 12.2. The van der Waals surface area contributed by atoms with Crippen molar-refractivity contribution in [3.05, 3.63) is 100 Å². The standard InChI is InChI=1S/C19H14NO3/c21-19(13-10-14-8-11-16(12-9-14)20(22)23)18-7-3-5-15-4-1-2-6-17(15)18/h1-13H,(H-,21,22,23)/q-1. The molecule has 0 amide bonds. The zero-order valence-electron chi connectivity index (χ0n) is 12.2. The first-order chi connectivity index (χ1) is 11.1. The Balaban J connectivity index is 1.92. The van der Waals surface area contributed by atoms with Gasteiger partial charge in [-0.1, -0.05) is 48.5 Å². The number of allylic oxidation sites excluding steroid dienone is 7. The molecule has 0 saturated carbocycles. The van der Waals surface area contributed by atoms with Gasteiger partial charge in [0.15, 0.2) is 0 Å². The number of hydrogen-bond acceptors (Lipinski definition) is 3. The third-order valence-electron chi connectivity index (χ3n) is 3.60. The molecule has 0 fully saturated rings. The maximum absolute atomic E-state index is 10.6. The predicted octanol–water partition coefficient (Wildman–Crippen LogP) is 4.24. The molecular formula is C19H14NO3-. The van der Waals surface area contributed by atoms with Crippen LogP contribution in [0.25, 0.3) is 16.5 Å². The summed E-state index contributed by atoms with van der Waals surface area (Å²) in [5, 5.41) is 33.6. The van der Waals surface area contributed by atoms with E-state index in [4.69, 9.17) is 0 Å². The first-order valence-corrected chi connectivity index (χ1v) is 7.12. The highest BCUT2D eigenvalue weighted by Crippen LogP contribution is 2.24. The SMILES string of the molecule is [O-][N+]([O-])=C1C=CC(=CC=C(O)c2cccc3ccccc23)C=C1. The van der Waals surface area contributed by atoms with E-state index < -0.39 is 4.90 Å². The fraction of sp³-hybridized carbons (Fsp3) is 0. The highest BCUT2D eigenvalue weighted by atomic mass is 16.8. The van der Waals surface area contributed by atoms with Crippen LogP contribution < -0.4 is 0 Å². The maximum Gasteiger partial charge on any atom is 0.222 e. The van der Waals surface area contributed by atoms with Crippen LogP contribution in [0.15, 0.2) is 84.5 Å². The summed E-state index contributed by atoms with van der Waals surface area (Å²) in [6, 6.07) is 13.6. The monoisotopic (exact) mass is 304 g/mol. The van der Waals surface area contributed by atoms with Crippen molar-refractivity contribution in [3.8, 4) is 0 Å². The van der Waals surface area contributed by atoms with Crippen molar-refractivity contribution in [1.82, 2.24) is 0 Å². The van der Waals surface area contributed by atoms with Gasteiger partial charge in [-0.15, -0.1) is 0 Å². The molecule has 3 rings (SSSR count). The largest absolute Gasteiger partial charge is 0.612 e. The molecule has 0 spiro atoms. The number of hydrogen-bond donors (Lipinski definition) is 1. The molecule has 4 heteroatoms. The van der Waals surface area contributed by atoms with E-state index in [0.717, 1.165) is 21.9 Å². The van der Waals surface area contributed by atoms with Gasteiger partial charge in [0.2, 0.25) is 5.71 Å². The van der Waals surface area contributed by atoms with Crippen LogP contribution in [0.2, 0.25) is 0 Å². The molecule has 0 bridgehead atoms. The van der Waals surface area contributed by atoms with E-state index in [0.29, 0.717) is 0 Å². The molecule has 0 radical (unpaired) electrons. The first kappa shape index (κ1) is 14.7. The molecular weight excluding hydrogens is 290 g/mol. The van der Waals surface area contributed by atoms with E-state index >= 15 is 0 Å². The Kier molecular flexibility index (Phi) is 3.97. The van der Waals surface area contributed by atoms with Crippen molar-refractivity contribution in [2.45, 2.75) is 0 Å². The average Bonchev–Trinajstić information content (AvgIpc) is 2.59. The first-order valence-electron chi connectivity index (χ1n) is 7.12. The van der Waals surface area contributed by atoms with Crippen molar-refractivity contribution < 1.29 is 10.0 Å². The number of nitrogens with zero attached hydrogens (tertiary/aromatic N) is 1. The summed E-state index contributed by atoms with van der Waals surface area (Å²) in [4.78, 5) is -0.437. The fourth-order valence-corrected chi connectivity index (χ4v) is 2.42. The van der Waals surface area contributed by atoms with Gasteiger partial charge < -0.3 is 15.5 Å².